The predicted octanol–water partition coefficient (Wildman–Crippen LogP) is 9.54. The molecule has 0 aliphatic carbocycles. The van der Waals surface area contributed by atoms with Gasteiger partial charge in [-0.15, -0.1) is 5.56 Å². The molecule has 4 aromatic rings. The summed E-state index contributed by atoms with van der Waals surface area (Å²) in [5.74, 6) is 0. The van der Waals surface area contributed by atoms with Crippen LogP contribution in [0.1, 0.15) is 45.6 Å². The van der Waals surface area contributed by atoms with Gasteiger partial charge < -0.3 is 4.98 Å². The molecule has 0 bridgehead atoms. The van der Waals surface area contributed by atoms with Gasteiger partial charge in [0.25, 0.3) is 0 Å². The number of alkyl halides is 6. The average molecular weight is 866 g/mol. The van der Waals surface area contributed by atoms with Crippen LogP contribution in [0.5, 0.6) is 0 Å². The topological polar surface area (TPSA) is 75.2 Å². The Kier molecular flexibility index (Phi) is 15.8. The summed E-state index contributed by atoms with van der Waals surface area (Å²) in [4.78, 5) is 8.07. The summed E-state index contributed by atoms with van der Waals surface area (Å²) in [6, 6.07) is 18.2. The van der Waals surface area contributed by atoms with Crippen molar-refractivity contribution < 1.29 is 46.1 Å². The van der Waals surface area contributed by atoms with E-state index in [-0.39, 0.29) is 31.9 Å². The van der Waals surface area contributed by atoms with Gasteiger partial charge in [-0.05, 0) is 67.0 Å². The number of aromatic nitrogens is 2. The van der Waals surface area contributed by atoms with Gasteiger partial charge in [-0.2, -0.15) is 58.9 Å². The zero-order chi connectivity index (χ0) is 33.7. The van der Waals surface area contributed by atoms with E-state index < -0.39 is 23.5 Å². The molecule has 47 heavy (non-hydrogen) atoms. The molecule has 15 heteroatoms. The summed E-state index contributed by atoms with van der Waals surface area (Å²) < 4.78 is 75.1. The first-order valence-corrected chi connectivity index (χ1v) is 16.7. The fourth-order valence-corrected chi connectivity index (χ4v) is 4.00. The van der Waals surface area contributed by atoms with E-state index in [0.29, 0.717) is 22.5 Å². The minimum absolute atomic E-state index is 0. The molecular formula is C32H31F6N6OsP2+2. The second-order valence-electron chi connectivity index (χ2n) is 9.03. The van der Waals surface area contributed by atoms with Crippen molar-refractivity contribution in [3.8, 4) is 0 Å². The number of hydrogen-bond donors (Lipinski definition) is 0. The van der Waals surface area contributed by atoms with E-state index in [2.05, 4.69) is 36.6 Å². The van der Waals surface area contributed by atoms with Gasteiger partial charge in [0.2, 0.25) is 0 Å². The number of azo groups is 2. The smallest absolute Gasteiger partial charge is 0.394 e. The van der Waals surface area contributed by atoms with Crippen molar-refractivity contribution in [2.75, 3.05) is 13.3 Å². The Balaban J connectivity index is 0.000000290. The number of rotatable bonds is 4. The fraction of sp³-hybridized carbons (Fsp3) is 0.188. The van der Waals surface area contributed by atoms with E-state index in [1.54, 1.807) is 36.7 Å². The molecule has 4 atom stereocenters. The number of pyridine rings is 2. The Morgan fingerprint density at radius 1 is 0.596 bits per heavy atom. The van der Waals surface area contributed by atoms with Crippen molar-refractivity contribution in [3.05, 3.63) is 143 Å². The fourth-order valence-electron chi connectivity index (χ4n) is 4.00. The van der Waals surface area contributed by atoms with Crippen LogP contribution in [-0.4, -0.2) is 23.3 Å². The number of benzene rings is 2. The van der Waals surface area contributed by atoms with Crippen LogP contribution < -0.4 is 0 Å². The van der Waals surface area contributed by atoms with Gasteiger partial charge in [-0.1, -0.05) is 42.7 Å². The third kappa shape index (κ3) is 11.3. The van der Waals surface area contributed by atoms with Crippen LogP contribution in [0.2, 0.25) is 0 Å². The Labute approximate surface area is 286 Å². The van der Waals surface area contributed by atoms with Crippen LogP contribution in [0.15, 0.2) is 124 Å². The molecule has 2 aromatic heterocycles. The van der Waals surface area contributed by atoms with Crippen LogP contribution in [0.3, 0.4) is 0 Å². The van der Waals surface area contributed by atoms with Crippen LogP contribution in [0, 0.1) is 6.20 Å². The van der Waals surface area contributed by atoms with Crippen molar-refractivity contribution >= 4 is 29.9 Å². The van der Waals surface area contributed by atoms with E-state index in [1.165, 1.54) is 24.3 Å². The minimum Gasteiger partial charge on any atom is -0.394 e. The van der Waals surface area contributed by atoms with Crippen molar-refractivity contribution in [1.82, 2.24) is 9.97 Å². The maximum absolute atomic E-state index is 12.5. The zero-order valence-electron chi connectivity index (χ0n) is 25.2. The van der Waals surface area contributed by atoms with Crippen molar-refractivity contribution in [2.24, 2.45) is 20.5 Å². The maximum Gasteiger partial charge on any atom is 1.00 e. The molecule has 2 aliphatic heterocycles. The van der Waals surface area contributed by atoms with E-state index in [4.69, 9.17) is 0 Å². The summed E-state index contributed by atoms with van der Waals surface area (Å²) in [5, 5.41) is 16.2. The molecule has 0 saturated carbocycles. The van der Waals surface area contributed by atoms with Gasteiger partial charge in [0.05, 0.1) is 34.3 Å². The summed E-state index contributed by atoms with van der Waals surface area (Å²) in [6.45, 7) is 4.06. The van der Waals surface area contributed by atoms with Gasteiger partial charge >= 0.3 is 32.1 Å². The molecule has 0 amide bonds. The molecule has 247 valence electrons. The van der Waals surface area contributed by atoms with E-state index >= 15 is 0 Å². The van der Waals surface area contributed by atoms with Crippen LogP contribution in [0.25, 0.3) is 11.4 Å². The number of halogens is 6. The minimum atomic E-state index is -4.34. The Morgan fingerprint density at radius 3 is 1.51 bits per heavy atom. The average Bonchev–Trinajstić information content (AvgIpc) is 3.79. The van der Waals surface area contributed by atoms with Gasteiger partial charge in [0.1, 0.15) is 6.04 Å². The SMILES string of the molecule is C[PH3+].C[PH3+].FC(F)(F)c1ccc(C2=CC(c3[c-]nccc3)N=N2)cc1.FC(F)(F)c1ccc(C2=CC(c3ccccn3)N=N2)cc1.[Os+]. The second-order valence-corrected chi connectivity index (χ2v) is 9.03. The van der Waals surface area contributed by atoms with Gasteiger partial charge in [-0.3, -0.25) is 4.98 Å². The zero-order valence-corrected chi connectivity index (χ0v) is 30.6. The molecule has 4 unspecified atom stereocenters. The number of hydrogen-bond acceptors (Lipinski definition) is 6. The third-order valence-corrected chi connectivity index (χ3v) is 6.17. The molecular weight excluding hydrogens is 835 g/mol. The largest absolute Gasteiger partial charge is 1.00 e. The first-order valence-electron chi connectivity index (χ1n) is 13.8. The molecule has 2 aliphatic rings. The van der Waals surface area contributed by atoms with Gasteiger partial charge in [-0.25, -0.2) is 0 Å². The number of nitrogens with zero attached hydrogens (tertiary/aromatic N) is 6. The van der Waals surface area contributed by atoms with Gasteiger partial charge in [0.15, 0.2) is 0 Å². The maximum atomic E-state index is 12.5. The monoisotopic (exact) mass is 867 g/mol. The molecule has 0 saturated heterocycles. The molecule has 6 nitrogen and oxygen atoms in total. The van der Waals surface area contributed by atoms with Gasteiger partial charge in [0, 0.05) is 30.7 Å². The van der Waals surface area contributed by atoms with E-state index in [1.807, 2.05) is 50.0 Å². The van der Waals surface area contributed by atoms with E-state index in [0.717, 1.165) is 35.5 Å². The Morgan fingerprint density at radius 2 is 1.09 bits per heavy atom. The molecule has 2 aromatic carbocycles. The summed E-state index contributed by atoms with van der Waals surface area (Å²) in [7, 11) is 3.72. The quantitative estimate of drug-likeness (QED) is 0.117. The molecule has 4 heterocycles. The van der Waals surface area contributed by atoms with Crippen LogP contribution in [0.4, 0.5) is 26.3 Å². The van der Waals surface area contributed by atoms with Crippen molar-refractivity contribution in [2.45, 2.75) is 24.4 Å². The Hall–Kier alpha value is -3.50. The molecule has 0 fully saturated rings. The van der Waals surface area contributed by atoms with Crippen LogP contribution in [-0.2, 0) is 32.1 Å². The Bertz CT molecular complexity index is 1520. The summed E-state index contributed by atoms with van der Waals surface area (Å²) in [6.07, 6.45) is 0.971. The van der Waals surface area contributed by atoms with Crippen molar-refractivity contribution in [3.63, 3.8) is 0 Å². The first kappa shape index (κ1) is 39.7. The summed E-state index contributed by atoms with van der Waals surface area (Å²) >= 11 is 0. The molecule has 6 rings (SSSR count). The third-order valence-electron chi connectivity index (χ3n) is 6.17. The van der Waals surface area contributed by atoms with Crippen LogP contribution >= 0.6 is 18.5 Å². The molecule has 0 N–H and O–H groups in total. The first-order chi connectivity index (χ1) is 22.1. The predicted molar refractivity (Wildman–Crippen MR) is 175 cm³/mol. The van der Waals surface area contributed by atoms with Crippen molar-refractivity contribution in [1.29, 1.82) is 0 Å². The molecule has 0 spiro atoms. The normalized spacial score (nSPS) is 16.3. The second kappa shape index (κ2) is 18.7. The standard InChI is InChI=1S/C15H9F3N3.C15H10F3N3.2CH5P.Os/c16-15(17,18)12-5-3-10(4-6-12)13-8-14(21-20-13)11-2-1-7-19-9-11;16-15(17,18)11-6-4-10(5-7-11)13-9-14(21-20-13)12-3-1-2-8-19-12;2*1-2;/h1-8,14H;1-9,14H;2*2H2,1H3;/q-1;;;;+1/p+2. The molecule has 1 radical (unpaired) electrons. The van der Waals surface area contributed by atoms with E-state index in [9.17, 15) is 26.3 Å². The summed E-state index contributed by atoms with van der Waals surface area (Å²) in [5.41, 5.74) is 2.46.